The Kier molecular flexibility index (Phi) is 3.78. The Morgan fingerprint density at radius 3 is 2.19 bits per heavy atom. The number of amides is 1. The molecule has 1 aromatic heterocycles. The van der Waals surface area contributed by atoms with Gasteiger partial charge in [0.05, 0.1) is 0 Å². The van der Waals surface area contributed by atoms with Gasteiger partial charge >= 0.3 is 0 Å². The lowest BCUT2D eigenvalue weighted by molar-refractivity contribution is 0.0706. The maximum atomic E-state index is 12.6. The normalized spacial score (nSPS) is 18.8. The minimum absolute atomic E-state index is 0.0630. The lowest BCUT2D eigenvalue weighted by atomic mass is 10.2. The third kappa shape index (κ3) is 3.61. The van der Waals surface area contributed by atoms with E-state index in [9.17, 15) is 13.2 Å². The average molecular weight is 332 g/mol. The Labute approximate surface area is 128 Å². The Bertz CT molecular complexity index is 645. The summed E-state index contributed by atoms with van der Waals surface area (Å²) < 4.78 is 28.2. The van der Waals surface area contributed by atoms with Crippen LogP contribution in [-0.4, -0.2) is 32.3 Å². The second-order valence-electron chi connectivity index (χ2n) is 6.07. The van der Waals surface area contributed by atoms with Crippen molar-refractivity contribution in [2.75, 3.05) is 13.1 Å². The van der Waals surface area contributed by atoms with Crippen LogP contribution < -0.4 is 0 Å². The van der Waals surface area contributed by atoms with Gasteiger partial charge in [-0.1, -0.05) is 0 Å². The molecular weight excluding hydrogens is 314 g/mol. The van der Waals surface area contributed by atoms with Gasteiger partial charge in [-0.05, 0) is 44.4 Å². The number of rotatable bonds is 6. The molecule has 0 atom stereocenters. The van der Waals surface area contributed by atoms with Crippen LogP contribution in [-0.2, 0) is 9.05 Å². The third-order valence-corrected chi connectivity index (χ3v) is 5.41. The number of carbonyl (C=O) groups excluding carboxylic acids is 1. The summed E-state index contributed by atoms with van der Waals surface area (Å²) in [4.78, 5) is 14.2. The van der Waals surface area contributed by atoms with Crippen molar-refractivity contribution >= 4 is 25.6 Å². The summed E-state index contributed by atoms with van der Waals surface area (Å²) in [5, 5.41) is 0. The van der Waals surface area contributed by atoms with Crippen molar-refractivity contribution in [3.63, 3.8) is 0 Å². The van der Waals surface area contributed by atoms with Gasteiger partial charge in [-0.2, -0.15) is 0 Å². The molecule has 2 fully saturated rings. The van der Waals surface area contributed by atoms with Crippen LogP contribution in [0.4, 0.5) is 0 Å². The molecule has 1 aromatic rings. The molecule has 2 aliphatic carbocycles. The SMILES string of the molecule is Cc1oc(C(=O)N(CC2CC2)CC2CC2)cc1S(=O)(=O)Cl. The van der Waals surface area contributed by atoms with Gasteiger partial charge in [-0.25, -0.2) is 8.42 Å². The van der Waals surface area contributed by atoms with E-state index in [1.54, 1.807) is 4.90 Å². The molecular formula is C14H18ClNO4S. The van der Waals surface area contributed by atoms with Gasteiger partial charge in [-0.3, -0.25) is 4.79 Å². The smallest absolute Gasteiger partial charge is 0.289 e. The molecule has 0 aromatic carbocycles. The van der Waals surface area contributed by atoms with Crippen molar-refractivity contribution in [1.29, 1.82) is 0 Å². The van der Waals surface area contributed by atoms with Crippen molar-refractivity contribution < 1.29 is 17.6 Å². The lowest BCUT2D eigenvalue weighted by Gasteiger charge is -2.21. The van der Waals surface area contributed by atoms with Gasteiger partial charge in [0, 0.05) is 29.8 Å². The highest BCUT2D eigenvalue weighted by Gasteiger charge is 2.33. The van der Waals surface area contributed by atoms with Crippen LogP contribution in [0.25, 0.3) is 0 Å². The molecule has 1 heterocycles. The molecule has 5 nitrogen and oxygen atoms in total. The van der Waals surface area contributed by atoms with Gasteiger partial charge in [0.1, 0.15) is 10.7 Å². The number of nitrogens with zero attached hydrogens (tertiary/aromatic N) is 1. The zero-order chi connectivity index (χ0) is 15.2. The highest BCUT2D eigenvalue weighted by atomic mass is 35.7. The summed E-state index contributed by atoms with van der Waals surface area (Å²) in [6.45, 7) is 2.97. The molecule has 3 rings (SSSR count). The van der Waals surface area contributed by atoms with Crippen molar-refractivity contribution in [3.05, 3.63) is 17.6 Å². The van der Waals surface area contributed by atoms with Crippen LogP contribution in [0.2, 0.25) is 0 Å². The first kappa shape index (κ1) is 14.9. The van der Waals surface area contributed by atoms with Crippen LogP contribution in [0.5, 0.6) is 0 Å². The van der Waals surface area contributed by atoms with Crippen molar-refractivity contribution in [3.8, 4) is 0 Å². The van der Waals surface area contributed by atoms with Crippen LogP contribution in [0, 0.1) is 18.8 Å². The van der Waals surface area contributed by atoms with Crippen LogP contribution in [0.3, 0.4) is 0 Å². The number of hydrogen-bond acceptors (Lipinski definition) is 4. The van der Waals surface area contributed by atoms with Gasteiger partial charge in [0.25, 0.3) is 15.0 Å². The maximum absolute atomic E-state index is 12.6. The quantitative estimate of drug-likeness (QED) is 0.752. The molecule has 0 saturated heterocycles. The Hall–Kier alpha value is -1.01. The van der Waals surface area contributed by atoms with E-state index in [1.165, 1.54) is 13.0 Å². The van der Waals surface area contributed by atoms with Crippen molar-refractivity contribution in [2.45, 2.75) is 37.5 Å². The molecule has 0 spiro atoms. The zero-order valence-corrected chi connectivity index (χ0v) is 13.4. The minimum Gasteiger partial charge on any atom is -0.455 e. The topological polar surface area (TPSA) is 67.6 Å². The first-order valence-electron chi connectivity index (χ1n) is 7.19. The monoisotopic (exact) mass is 331 g/mol. The van der Waals surface area contributed by atoms with E-state index in [1.807, 2.05) is 0 Å². The van der Waals surface area contributed by atoms with E-state index in [-0.39, 0.29) is 22.3 Å². The number of aryl methyl sites for hydroxylation is 1. The fourth-order valence-corrected chi connectivity index (χ4v) is 3.53. The summed E-state index contributed by atoms with van der Waals surface area (Å²) in [5.74, 6) is 1.16. The second-order valence-corrected chi connectivity index (χ2v) is 8.60. The predicted molar refractivity (Wildman–Crippen MR) is 77.8 cm³/mol. The first-order chi connectivity index (χ1) is 9.84. The molecule has 0 N–H and O–H groups in total. The minimum atomic E-state index is -3.89. The molecule has 0 unspecified atom stereocenters. The summed E-state index contributed by atoms with van der Waals surface area (Å²) in [5.41, 5.74) is 0. The predicted octanol–water partition coefficient (Wildman–Crippen LogP) is 2.78. The van der Waals surface area contributed by atoms with Gasteiger partial charge in [0.2, 0.25) is 0 Å². The highest BCUT2D eigenvalue weighted by Crippen LogP contribution is 2.34. The molecule has 2 saturated carbocycles. The molecule has 21 heavy (non-hydrogen) atoms. The van der Waals surface area contributed by atoms with Crippen molar-refractivity contribution in [1.82, 2.24) is 4.90 Å². The molecule has 116 valence electrons. The Morgan fingerprint density at radius 1 is 1.29 bits per heavy atom. The molecule has 2 aliphatic rings. The fourth-order valence-electron chi connectivity index (χ4n) is 2.43. The second kappa shape index (κ2) is 5.32. The number of hydrogen-bond donors (Lipinski definition) is 0. The number of carbonyl (C=O) groups is 1. The van der Waals surface area contributed by atoms with E-state index in [2.05, 4.69) is 0 Å². The van der Waals surface area contributed by atoms with Crippen LogP contribution >= 0.6 is 10.7 Å². The maximum Gasteiger partial charge on any atom is 0.289 e. The largest absolute Gasteiger partial charge is 0.455 e. The Morgan fingerprint density at radius 2 is 1.81 bits per heavy atom. The molecule has 0 bridgehead atoms. The Balaban J connectivity index is 1.81. The molecule has 0 radical (unpaired) electrons. The van der Waals surface area contributed by atoms with Gasteiger partial charge < -0.3 is 9.32 Å². The first-order valence-corrected chi connectivity index (χ1v) is 9.50. The summed E-state index contributed by atoms with van der Waals surface area (Å²) in [7, 11) is 1.45. The summed E-state index contributed by atoms with van der Waals surface area (Å²) >= 11 is 0. The standard InChI is InChI=1S/C14H18ClNO4S/c1-9-13(21(15,18)19)6-12(20-9)14(17)16(7-10-2-3-10)8-11-4-5-11/h6,10-11H,2-5,7-8H2,1H3. The zero-order valence-electron chi connectivity index (χ0n) is 11.8. The molecule has 7 heteroatoms. The van der Waals surface area contributed by atoms with E-state index in [0.29, 0.717) is 11.8 Å². The lowest BCUT2D eigenvalue weighted by Crippen LogP contribution is -2.34. The highest BCUT2D eigenvalue weighted by molar-refractivity contribution is 8.13. The number of halogens is 1. The summed E-state index contributed by atoms with van der Waals surface area (Å²) in [6, 6.07) is 1.24. The number of furan rings is 1. The van der Waals surface area contributed by atoms with E-state index < -0.39 is 9.05 Å². The van der Waals surface area contributed by atoms with E-state index in [4.69, 9.17) is 15.1 Å². The fraction of sp³-hybridized carbons (Fsp3) is 0.643. The summed E-state index contributed by atoms with van der Waals surface area (Å²) in [6.07, 6.45) is 4.64. The van der Waals surface area contributed by atoms with Crippen molar-refractivity contribution in [2.24, 2.45) is 11.8 Å². The van der Waals surface area contributed by atoms with Gasteiger partial charge in [-0.15, -0.1) is 0 Å². The average Bonchev–Trinajstić information content (AvgIpc) is 3.29. The van der Waals surface area contributed by atoms with Crippen LogP contribution in [0.15, 0.2) is 15.4 Å². The molecule has 1 amide bonds. The molecule has 0 aliphatic heterocycles. The van der Waals surface area contributed by atoms with E-state index >= 15 is 0 Å². The van der Waals surface area contributed by atoms with Crippen LogP contribution in [0.1, 0.15) is 42.0 Å². The van der Waals surface area contributed by atoms with E-state index in [0.717, 1.165) is 38.8 Å². The third-order valence-electron chi connectivity index (χ3n) is 3.98. The van der Waals surface area contributed by atoms with Gasteiger partial charge in [0.15, 0.2) is 5.76 Å².